The van der Waals surface area contributed by atoms with Gasteiger partial charge in [0.15, 0.2) is 5.96 Å². The van der Waals surface area contributed by atoms with Gasteiger partial charge in [-0.05, 0) is 25.0 Å². The van der Waals surface area contributed by atoms with Gasteiger partial charge in [-0.25, -0.2) is 0 Å². The molecule has 0 saturated heterocycles. The highest BCUT2D eigenvalue weighted by Crippen LogP contribution is 2.19. The predicted molar refractivity (Wildman–Crippen MR) is 128 cm³/mol. The summed E-state index contributed by atoms with van der Waals surface area (Å²) in [5.74, 6) is 1.35. The molecule has 0 atom stereocenters. The van der Waals surface area contributed by atoms with E-state index in [0.29, 0.717) is 31.6 Å². The number of hydrogen-bond donors (Lipinski definition) is 3. The van der Waals surface area contributed by atoms with Crippen molar-refractivity contribution in [1.82, 2.24) is 10.6 Å². The van der Waals surface area contributed by atoms with Crippen LogP contribution in [0.5, 0.6) is 5.75 Å². The standard InChI is InChI=1S/C21H34N4O3.HI/c1-17(26)25-18-8-7-11-20(16-18)28-15-13-24-21(22-2)23-12-14-27-19-9-5-3-4-6-10-19;/h7-8,11,16,19H,3-6,9-10,12-15H2,1-2H3,(H,25,26)(H2,22,23,24);1H. The van der Waals surface area contributed by atoms with Crippen molar-refractivity contribution < 1.29 is 14.3 Å². The summed E-state index contributed by atoms with van der Waals surface area (Å²) in [6.45, 7) is 4.02. The zero-order valence-corrected chi connectivity index (χ0v) is 19.9. The number of aliphatic imine (C=N–C) groups is 1. The Labute approximate surface area is 191 Å². The predicted octanol–water partition coefficient (Wildman–Crippen LogP) is 3.55. The van der Waals surface area contributed by atoms with Crippen molar-refractivity contribution in [1.29, 1.82) is 0 Å². The van der Waals surface area contributed by atoms with E-state index in [2.05, 4.69) is 20.9 Å². The van der Waals surface area contributed by atoms with Gasteiger partial charge in [0, 0.05) is 32.3 Å². The number of amides is 1. The van der Waals surface area contributed by atoms with Gasteiger partial charge in [-0.2, -0.15) is 0 Å². The molecule has 29 heavy (non-hydrogen) atoms. The average molecular weight is 518 g/mol. The summed E-state index contributed by atoms with van der Waals surface area (Å²) >= 11 is 0. The third-order valence-corrected chi connectivity index (χ3v) is 4.59. The summed E-state index contributed by atoms with van der Waals surface area (Å²) in [5.41, 5.74) is 0.726. The fraction of sp³-hybridized carbons (Fsp3) is 0.619. The number of hydrogen-bond acceptors (Lipinski definition) is 4. The van der Waals surface area contributed by atoms with Crippen LogP contribution >= 0.6 is 24.0 Å². The number of nitrogens with one attached hydrogen (secondary N) is 3. The molecule has 2 rings (SSSR count). The zero-order valence-electron chi connectivity index (χ0n) is 17.5. The van der Waals surface area contributed by atoms with E-state index in [1.807, 2.05) is 18.2 Å². The highest BCUT2D eigenvalue weighted by atomic mass is 127. The summed E-state index contributed by atoms with van der Waals surface area (Å²) in [4.78, 5) is 15.3. The van der Waals surface area contributed by atoms with Crippen LogP contribution in [-0.2, 0) is 9.53 Å². The van der Waals surface area contributed by atoms with Gasteiger partial charge in [-0.1, -0.05) is 31.7 Å². The van der Waals surface area contributed by atoms with Crippen LogP contribution in [-0.4, -0.2) is 51.3 Å². The van der Waals surface area contributed by atoms with Crippen LogP contribution in [0.4, 0.5) is 5.69 Å². The average Bonchev–Trinajstić information content (AvgIpc) is 2.95. The Kier molecular flexibility index (Phi) is 13.5. The van der Waals surface area contributed by atoms with Crippen molar-refractivity contribution in [3.63, 3.8) is 0 Å². The molecular weight excluding hydrogens is 483 g/mol. The number of benzene rings is 1. The van der Waals surface area contributed by atoms with E-state index in [4.69, 9.17) is 9.47 Å². The molecule has 0 heterocycles. The molecule has 1 fully saturated rings. The second-order valence-electron chi connectivity index (χ2n) is 6.97. The molecule has 7 nitrogen and oxygen atoms in total. The van der Waals surface area contributed by atoms with Crippen molar-refractivity contribution >= 4 is 41.5 Å². The van der Waals surface area contributed by atoms with E-state index < -0.39 is 0 Å². The van der Waals surface area contributed by atoms with Crippen LogP contribution in [0.3, 0.4) is 0 Å². The zero-order chi connectivity index (χ0) is 20.0. The van der Waals surface area contributed by atoms with Crippen molar-refractivity contribution in [2.75, 3.05) is 38.7 Å². The van der Waals surface area contributed by atoms with Gasteiger partial charge in [0.1, 0.15) is 12.4 Å². The number of guanidine groups is 1. The summed E-state index contributed by atoms with van der Waals surface area (Å²) < 4.78 is 11.7. The molecule has 1 saturated carbocycles. The number of ether oxygens (including phenoxy) is 2. The lowest BCUT2D eigenvalue weighted by molar-refractivity contribution is -0.114. The van der Waals surface area contributed by atoms with Crippen LogP contribution in [0.2, 0.25) is 0 Å². The molecule has 1 aliphatic carbocycles. The molecule has 0 unspecified atom stereocenters. The van der Waals surface area contributed by atoms with Crippen molar-refractivity contribution in [3.05, 3.63) is 24.3 Å². The second kappa shape index (κ2) is 15.3. The van der Waals surface area contributed by atoms with Crippen molar-refractivity contribution in [2.24, 2.45) is 4.99 Å². The first kappa shape index (κ1) is 25.5. The van der Waals surface area contributed by atoms with Crippen LogP contribution in [0, 0.1) is 0 Å². The van der Waals surface area contributed by atoms with Crippen molar-refractivity contribution in [3.8, 4) is 5.75 Å². The van der Waals surface area contributed by atoms with Gasteiger partial charge in [0.2, 0.25) is 5.91 Å². The van der Waals surface area contributed by atoms with E-state index in [0.717, 1.165) is 18.2 Å². The third-order valence-electron chi connectivity index (χ3n) is 4.59. The number of anilines is 1. The monoisotopic (exact) mass is 518 g/mol. The van der Waals surface area contributed by atoms with E-state index >= 15 is 0 Å². The van der Waals surface area contributed by atoms with Gasteiger partial charge in [-0.15, -0.1) is 24.0 Å². The normalized spacial score (nSPS) is 15.0. The largest absolute Gasteiger partial charge is 0.492 e. The highest BCUT2D eigenvalue weighted by molar-refractivity contribution is 14.0. The Morgan fingerprint density at radius 2 is 1.79 bits per heavy atom. The van der Waals surface area contributed by atoms with E-state index in [9.17, 15) is 4.79 Å². The molecule has 0 spiro atoms. The van der Waals surface area contributed by atoms with Crippen LogP contribution in [0.15, 0.2) is 29.3 Å². The van der Waals surface area contributed by atoms with Crippen molar-refractivity contribution in [2.45, 2.75) is 51.6 Å². The first-order chi connectivity index (χ1) is 13.7. The number of halogens is 1. The number of rotatable bonds is 9. The molecule has 3 N–H and O–H groups in total. The van der Waals surface area contributed by atoms with Gasteiger partial charge in [-0.3, -0.25) is 9.79 Å². The Bertz CT molecular complexity index is 620. The lowest BCUT2D eigenvalue weighted by atomic mass is 10.1. The lowest BCUT2D eigenvalue weighted by Crippen LogP contribution is -2.41. The molecule has 8 heteroatoms. The molecule has 0 radical (unpaired) electrons. The molecular formula is C21H35IN4O3. The molecule has 0 aliphatic heterocycles. The fourth-order valence-electron chi connectivity index (χ4n) is 3.23. The topological polar surface area (TPSA) is 84.0 Å². The maximum atomic E-state index is 11.1. The number of nitrogens with zero attached hydrogens (tertiary/aromatic N) is 1. The quantitative estimate of drug-likeness (QED) is 0.153. The van der Waals surface area contributed by atoms with Gasteiger partial charge in [0.25, 0.3) is 0 Å². The lowest BCUT2D eigenvalue weighted by Gasteiger charge is -2.17. The number of carbonyl (C=O) groups excluding carboxylic acids is 1. The number of carbonyl (C=O) groups is 1. The molecule has 0 aromatic heterocycles. The first-order valence-electron chi connectivity index (χ1n) is 10.2. The van der Waals surface area contributed by atoms with E-state index in [-0.39, 0.29) is 29.9 Å². The molecule has 164 valence electrons. The smallest absolute Gasteiger partial charge is 0.221 e. The summed E-state index contributed by atoms with van der Waals surface area (Å²) in [6, 6.07) is 7.35. The van der Waals surface area contributed by atoms with Gasteiger partial charge in [0.05, 0.1) is 19.3 Å². The maximum Gasteiger partial charge on any atom is 0.221 e. The summed E-state index contributed by atoms with van der Waals surface area (Å²) in [7, 11) is 1.75. The van der Waals surface area contributed by atoms with Crippen LogP contribution < -0.4 is 20.7 Å². The Morgan fingerprint density at radius 1 is 1.10 bits per heavy atom. The molecule has 0 bridgehead atoms. The summed E-state index contributed by atoms with van der Waals surface area (Å²) in [5, 5.41) is 9.23. The molecule has 1 aliphatic rings. The Balaban J connectivity index is 0.00000420. The molecule has 1 amide bonds. The second-order valence-corrected chi connectivity index (χ2v) is 6.97. The third kappa shape index (κ3) is 11.3. The van der Waals surface area contributed by atoms with Crippen LogP contribution in [0.1, 0.15) is 45.4 Å². The Morgan fingerprint density at radius 3 is 2.45 bits per heavy atom. The van der Waals surface area contributed by atoms with Gasteiger partial charge >= 0.3 is 0 Å². The summed E-state index contributed by atoms with van der Waals surface area (Å²) in [6.07, 6.45) is 8.05. The Hall–Kier alpha value is -1.55. The van der Waals surface area contributed by atoms with E-state index in [1.165, 1.54) is 45.4 Å². The first-order valence-corrected chi connectivity index (χ1v) is 10.2. The SMILES string of the molecule is CN=C(NCCOc1cccc(NC(C)=O)c1)NCCOC1CCCCCC1.I. The van der Waals surface area contributed by atoms with Gasteiger partial charge < -0.3 is 25.4 Å². The minimum absolute atomic E-state index is 0. The minimum atomic E-state index is -0.100. The van der Waals surface area contributed by atoms with Crippen LogP contribution in [0.25, 0.3) is 0 Å². The molecule has 1 aromatic rings. The van der Waals surface area contributed by atoms with E-state index in [1.54, 1.807) is 13.1 Å². The minimum Gasteiger partial charge on any atom is -0.492 e. The molecule has 1 aromatic carbocycles. The fourth-order valence-corrected chi connectivity index (χ4v) is 3.23. The highest BCUT2D eigenvalue weighted by Gasteiger charge is 2.12. The maximum absolute atomic E-state index is 11.1.